The number of carbonyl (C=O) groups excluding carboxylic acids is 1. The highest BCUT2D eigenvalue weighted by Gasteiger charge is 2.20. The molecule has 2 aromatic carbocycles. The minimum Gasteiger partial charge on any atom is -0.374 e. The molecule has 1 fully saturated rings. The minimum absolute atomic E-state index is 0.0746. The van der Waals surface area contributed by atoms with Crippen LogP contribution < -0.4 is 5.32 Å². The first-order chi connectivity index (χ1) is 12.8. The number of benzene rings is 2. The minimum atomic E-state index is 0.0746. The summed E-state index contributed by atoms with van der Waals surface area (Å²) >= 11 is 0. The summed E-state index contributed by atoms with van der Waals surface area (Å²) in [4.78, 5) is 14.5. The van der Waals surface area contributed by atoms with E-state index in [-0.39, 0.29) is 12.0 Å². The highest BCUT2D eigenvalue weighted by molar-refractivity contribution is 5.75. The van der Waals surface area contributed by atoms with Gasteiger partial charge in [0.2, 0.25) is 5.91 Å². The van der Waals surface area contributed by atoms with Crippen LogP contribution in [0.25, 0.3) is 0 Å². The van der Waals surface area contributed by atoms with Gasteiger partial charge in [0.05, 0.1) is 12.7 Å². The van der Waals surface area contributed by atoms with E-state index < -0.39 is 0 Å². The van der Waals surface area contributed by atoms with E-state index in [9.17, 15) is 4.79 Å². The Labute approximate surface area is 156 Å². The van der Waals surface area contributed by atoms with Crippen molar-refractivity contribution in [3.63, 3.8) is 0 Å². The highest BCUT2D eigenvalue weighted by Crippen LogP contribution is 2.10. The van der Waals surface area contributed by atoms with E-state index >= 15 is 0 Å². The molecule has 0 radical (unpaired) electrons. The van der Waals surface area contributed by atoms with Gasteiger partial charge in [0, 0.05) is 32.6 Å². The molecule has 1 heterocycles. The fourth-order valence-corrected chi connectivity index (χ4v) is 3.30. The van der Waals surface area contributed by atoms with Crippen molar-refractivity contribution in [2.75, 3.05) is 26.2 Å². The van der Waals surface area contributed by atoms with Crippen LogP contribution >= 0.6 is 0 Å². The molecule has 0 aromatic heterocycles. The fraction of sp³-hybridized carbons (Fsp3) is 0.409. The van der Waals surface area contributed by atoms with Crippen LogP contribution in [0.4, 0.5) is 0 Å². The third kappa shape index (κ3) is 6.28. The lowest BCUT2D eigenvalue weighted by molar-refractivity contribution is -0.122. The van der Waals surface area contributed by atoms with Crippen LogP contribution in [0.1, 0.15) is 24.0 Å². The van der Waals surface area contributed by atoms with Gasteiger partial charge in [0.15, 0.2) is 0 Å². The largest absolute Gasteiger partial charge is 0.374 e. The van der Waals surface area contributed by atoms with Gasteiger partial charge in [0.25, 0.3) is 0 Å². The fourth-order valence-electron chi connectivity index (χ4n) is 3.30. The van der Waals surface area contributed by atoms with Gasteiger partial charge >= 0.3 is 0 Å². The highest BCUT2D eigenvalue weighted by atomic mass is 16.5. The van der Waals surface area contributed by atoms with Gasteiger partial charge in [-0.2, -0.15) is 0 Å². The van der Waals surface area contributed by atoms with Crippen LogP contribution in [0.3, 0.4) is 0 Å². The zero-order valence-corrected chi connectivity index (χ0v) is 15.3. The first-order valence-corrected chi connectivity index (χ1v) is 9.48. The van der Waals surface area contributed by atoms with E-state index in [1.54, 1.807) is 0 Å². The number of nitrogens with one attached hydrogen (secondary N) is 1. The van der Waals surface area contributed by atoms with Gasteiger partial charge in [-0.3, -0.25) is 9.69 Å². The maximum absolute atomic E-state index is 12.1. The molecular weight excluding hydrogens is 324 g/mol. The Morgan fingerprint density at radius 3 is 2.46 bits per heavy atom. The maximum atomic E-state index is 12.1. The van der Waals surface area contributed by atoms with E-state index in [1.807, 2.05) is 24.3 Å². The number of morpholine rings is 1. The van der Waals surface area contributed by atoms with Crippen LogP contribution in [0.2, 0.25) is 0 Å². The number of rotatable bonds is 8. The molecule has 1 unspecified atom stereocenters. The lowest BCUT2D eigenvalue weighted by Gasteiger charge is -2.33. The quantitative estimate of drug-likeness (QED) is 0.794. The number of ether oxygens (including phenoxy) is 1. The summed E-state index contributed by atoms with van der Waals surface area (Å²) in [5.74, 6) is 0.115. The van der Waals surface area contributed by atoms with Crippen molar-refractivity contribution in [1.29, 1.82) is 0 Å². The van der Waals surface area contributed by atoms with Crippen LogP contribution in [-0.2, 0) is 22.5 Å². The summed E-state index contributed by atoms with van der Waals surface area (Å²) in [6.45, 7) is 4.05. The summed E-state index contributed by atoms with van der Waals surface area (Å²) in [6.07, 6.45) is 2.46. The number of carbonyl (C=O) groups is 1. The molecule has 0 bridgehead atoms. The molecule has 1 atom stereocenters. The smallest absolute Gasteiger partial charge is 0.220 e. The second-order valence-electron chi connectivity index (χ2n) is 6.86. The van der Waals surface area contributed by atoms with Gasteiger partial charge in [-0.25, -0.2) is 0 Å². The van der Waals surface area contributed by atoms with Crippen LogP contribution in [-0.4, -0.2) is 43.2 Å². The van der Waals surface area contributed by atoms with E-state index in [0.29, 0.717) is 13.0 Å². The second kappa shape index (κ2) is 10.1. The van der Waals surface area contributed by atoms with Crippen LogP contribution in [0.15, 0.2) is 60.7 Å². The zero-order valence-electron chi connectivity index (χ0n) is 15.3. The number of amides is 1. The molecule has 0 aliphatic carbocycles. The second-order valence-corrected chi connectivity index (χ2v) is 6.86. The first kappa shape index (κ1) is 18.6. The predicted octanol–water partition coefficient (Wildman–Crippen LogP) is 3.03. The number of hydrogen-bond donors (Lipinski definition) is 1. The predicted molar refractivity (Wildman–Crippen MR) is 104 cm³/mol. The Morgan fingerprint density at radius 2 is 1.73 bits per heavy atom. The standard InChI is InChI=1S/C22H28N2O2/c25-22(13-7-12-19-8-3-1-4-9-19)23-16-21-18-24(14-15-26-21)17-20-10-5-2-6-11-20/h1-6,8-11,21H,7,12-18H2,(H,23,25). The zero-order chi connectivity index (χ0) is 18.0. The Hall–Kier alpha value is -2.17. The van der Waals surface area contributed by atoms with E-state index in [0.717, 1.165) is 39.1 Å². The molecule has 138 valence electrons. The molecule has 3 rings (SSSR count). The van der Waals surface area contributed by atoms with Crippen LogP contribution in [0, 0.1) is 0 Å². The number of nitrogens with zero attached hydrogens (tertiary/aromatic N) is 1. The van der Waals surface area contributed by atoms with Gasteiger partial charge in [-0.1, -0.05) is 60.7 Å². The average Bonchev–Trinajstić information content (AvgIpc) is 2.68. The van der Waals surface area contributed by atoms with E-state index in [2.05, 4.69) is 46.6 Å². The molecule has 2 aromatic rings. The summed E-state index contributed by atoms with van der Waals surface area (Å²) in [5, 5.41) is 3.03. The van der Waals surface area contributed by atoms with Gasteiger partial charge in [0.1, 0.15) is 0 Å². The molecule has 1 aliphatic rings. The molecule has 4 heteroatoms. The van der Waals surface area contributed by atoms with Gasteiger partial charge in [-0.05, 0) is 24.0 Å². The van der Waals surface area contributed by atoms with Crippen molar-refractivity contribution in [2.45, 2.75) is 31.9 Å². The van der Waals surface area contributed by atoms with Crippen molar-refractivity contribution in [3.8, 4) is 0 Å². The molecule has 1 N–H and O–H groups in total. The first-order valence-electron chi connectivity index (χ1n) is 9.48. The van der Waals surface area contributed by atoms with Crippen molar-refractivity contribution in [1.82, 2.24) is 10.2 Å². The summed E-state index contributed by atoms with van der Waals surface area (Å²) in [6, 6.07) is 20.8. The van der Waals surface area contributed by atoms with E-state index in [4.69, 9.17) is 4.74 Å². The van der Waals surface area contributed by atoms with E-state index in [1.165, 1.54) is 11.1 Å². The Balaban J connectivity index is 1.34. The summed E-state index contributed by atoms with van der Waals surface area (Å²) in [7, 11) is 0. The van der Waals surface area contributed by atoms with Crippen molar-refractivity contribution >= 4 is 5.91 Å². The molecule has 1 saturated heterocycles. The monoisotopic (exact) mass is 352 g/mol. The molecule has 1 amide bonds. The normalized spacial score (nSPS) is 17.8. The van der Waals surface area contributed by atoms with Crippen molar-refractivity contribution in [2.24, 2.45) is 0 Å². The van der Waals surface area contributed by atoms with Gasteiger partial charge < -0.3 is 10.1 Å². The molecule has 4 nitrogen and oxygen atoms in total. The average molecular weight is 352 g/mol. The maximum Gasteiger partial charge on any atom is 0.220 e. The third-order valence-electron chi connectivity index (χ3n) is 4.71. The summed E-state index contributed by atoms with van der Waals surface area (Å²) < 4.78 is 5.81. The number of hydrogen-bond acceptors (Lipinski definition) is 3. The Morgan fingerprint density at radius 1 is 1.04 bits per heavy atom. The third-order valence-corrected chi connectivity index (χ3v) is 4.71. The lowest BCUT2D eigenvalue weighted by atomic mass is 10.1. The number of aryl methyl sites for hydroxylation is 1. The summed E-state index contributed by atoms with van der Waals surface area (Å²) in [5.41, 5.74) is 2.60. The van der Waals surface area contributed by atoms with Crippen molar-refractivity contribution < 1.29 is 9.53 Å². The molecule has 26 heavy (non-hydrogen) atoms. The Kier molecular flexibility index (Phi) is 7.23. The SMILES string of the molecule is O=C(CCCc1ccccc1)NCC1CN(Cc2ccccc2)CCO1. The lowest BCUT2D eigenvalue weighted by Crippen LogP contribution is -2.47. The van der Waals surface area contributed by atoms with Gasteiger partial charge in [-0.15, -0.1) is 0 Å². The van der Waals surface area contributed by atoms with Crippen LogP contribution in [0.5, 0.6) is 0 Å². The molecule has 1 aliphatic heterocycles. The molecular formula is C22H28N2O2. The Bertz CT molecular complexity index is 660. The topological polar surface area (TPSA) is 41.6 Å². The van der Waals surface area contributed by atoms with Crippen molar-refractivity contribution in [3.05, 3.63) is 71.8 Å². The molecule has 0 spiro atoms. The molecule has 0 saturated carbocycles.